The van der Waals surface area contributed by atoms with Gasteiger partial charge in [0.2, 0.25) is 0 Å². The van der Waals surface area contributed by atoms with E-state index in [-0.39, 0.29) is 0 Å². The van der Waals surface area contributed by atoms with Crippen LogP contribution in [0.2, 0.25) is 0 Å². The molecular weight excluding hydrogens is 252 g/mol. The van der Waals surface area contributed by atoms with Gasteiger partial charge in [-0.3, -0.25) is 4.98 Å². The minimum Gasteiger partial charge on any atom is -0.304 e. The van der Waals surface area contributed by atoms with Crippen molar-refractivity contribution in [2.24, 2.45) is 0 Å². The molecule has 3 heteroatoms. The average molecular weight is 274 g/mol. The van der Waals surface area contributed by atoms with Crippen LogP contribution in [-0.4, -0.2) is 4.98 Å². The first kappa shape index (κ1) is 14.2. The Morgan fingerprint density at radius 2 is 1.89 bits per heavy atom. The van der Waals surface area contributed by atoms with Gasteiger partial charge in [0.1, 0.15) is 0 Å². The Hall–Kier alpha value is -1.19. The van der Waals surface area contributed by atoms with Crippen molar-refractivity contribution in [2.75, 3.05) is 0 Å². The van der Waals surface area contributed by atoms with E-state index in [1.165, 1.54) is 16.7 Å². The Morgan fingerprint density at radius 3 is 2.47 bits per heavy atom. The molecule has 102 valence electrons. The molecule has 2 rings (SSSR count). The van der Waals surface area contributed by atoms with Crippen molar-refractivity contribution < 1.29 is 0 Å². The van der Waals surface area contributed by atoms with Gasteiger partial charge in [0.25, 0.3) is 0 Å². The lowest BCUT2D eigenvalue weighted by Gasteiger charge is -2.23. The third-order valence-corrected chi connectivity index (χ3v) is 4.26. The molecule has 2 heterocycles. The summed E-state index contributed by atoms with van der Waals surface area (Å²) in [4.78, 5) is 4.59. The maximum absolute atomic E-state index is 4.59. The number of rotatable bonds is 4. The van der Waals surface area contributed by atoms with E-state index in [0.29, 0.717) is 12.1 Å². The molecule has 2 nitrogen and oxygen atoms in total. The number of thiophene rings is 1. The first-order valence-electron chi connectivity index (χ1n) is 6.72. The Balaban J connectivity index is 2.18. The van der Waals surface area contributed by atoms with Crippen molar-refractivity contribution in [3.63, 3.8) is 0 Å². The lowest BCUT2D eigenvalue weighted by Crippen LogP contribution is -2.24. The minimum absolute atomic E-state index is 0.308. The Bertz CT molecular complexity index is 523. The summed E-state index contributed by atoms with van der Waals surface area (Å²) in [6.45, 7) is 10.8. The Morgan fingerprint density at radius 1 is 1.16 bits per heavy atom. The Kier molecular flexibility index (Phi) is 4.38. The van der Waals surface area contributed by atoms with Crippen LogP contribution < -0.4 is 5.32 Å². The van der Waals surface area contributed by atoms with E-state index in [0.717, 1.165) is 11.4 Å². The summed E-state index contributed by atoms with van der Waals surface area (Å²) in [7, 11) is 0. The fourth-order valence-electron chi connectivity index (χ4n) is 2.76. The summed E-state index contributed by atoms with van der Waals surface area (Å²) in [5.74, 6) is 0. The SMILES string of the molecule is Cc1cc(C)c(C(C)NC(C)c2ccsc2)c(C)n1. The van der Waals surface area contributed by atoms with Crippen LogP contribution in [0.5, 0.6) is 0 Å². The van der Waals surface area contributed by atoms with E-state index in [9.17, 15) is 0 Å². The van der Waals surface area contributed by atoms with Gasteiger partial charge in [0.15, 0.2) is 0 Å². The van der Waals surface area contributed by atoms with Crippen molar-refractivity contribution in [2.45, 2.75) is 46.7 Å². The second kappa shape index (κ2) is 5.85. The van der Waals surface area contributed by atoms with Gasteiger partial charge in [-0.1, -0.05) is 0 Å². The molecular formula is C16H22N2S. The predicted molar refractivity (Wildman–Crippen MR) is 82.7 cm³/mol. The zero-order chi connectivity index (χ0) is 14.0. The molecule has 0 saturated carbocycles. The molecule has 0 aliphatic carbocycles. The third kappa shape index (κ3) is 3.23. The van der Waals surface area contributed by atoms with Gasteiger partial charge < -0.3 is 5.32 Å². The zero-order valence-corrected chi connectivity index (χ0v) is 13.1. The van der Waals surface area contributed by atoms with Gasteiger partial charge in [-0.2, -0.15) is 11.3 Å². The molecule has 19 heavy (non-hydrogen) atoms. The van der Waals surface area contributed by atoms with Crippen LogP contribution in [-0.2, 0) is 0 Å². The van der Waals surface area contributed by atoms with Gasteiger partial charge in [-0.05, 0) is 74.2 Å². The highest BCUT2D eigenvalue weighted by Gasteiger charge is 2.16. The summed E-state index contributed by atoms with van der Waals surface area (Å²) in [5.41, 5.74) is 6.23. The summed E-state index contributed by atoms with van der Waals surface area (Å²) in [5, 5.41) is 8.00. The van der Waals surface area contributed by atoms with E-state index >= 15 is 0 Å². The van der Waals surface area contributed by atoms with Gasteiger partial charge >= 0.3 is 0 Å². The molecule has 0 amide bonds. The minimum atomic E-state index is 0.308. The molecule has 0 aliphatic heterocycles. The Labute approximate surface area is 119 Å². The van der Waals surface area contributed by atoms with E-state index < -0.39 is 0 Å². The summed E-state index contributed by atoms with van der Waals surface area (Å²) in [6.07, 6.45) is 0. The van der Waals surface area contributed by atoms with Crippen molar-refractivity contribution in [1.82, 2.24) is 10.3 Å². The molecule has 2 aromatic rings. The second-order valence-electron chi connectivity index (χ2n) is 5.25. The van der Waals surface area contributed by atoms with Crippen LogP contribution >= 0.6 is 11.3 Å². The lowest BCUT2D eigenvalue weighted by molar-refractivity contribution is 0.491. The number of nitrogens with zero attached hydrogens (tertiary/aromatic N) is 1. The van der Waals surface area contributed by atoms with Crippen molar-refractivity contribution in [3.8, 4) is 0 Å². The number of nitrogens with one attached hydrogen (secondary N) is 1. The topological polar surface area (TPSA) is 24.9 Å². The van der Waals surface area contributed by atoms with Crippen LogP contribution in [0.1, 0.15) is 54.0 Å². The summed E-state index contributed by atoms with van der Waals surface area (Å²) in [6, 6.07) is 5.02. The largest absolute Gasteiger partial charge is 0.304 e. The van der Waals surface area contributed by atoms with Gasteiger partial charge in [-0.15, -0.1) is 0 Å². The van der Waals surface area contributed by atoms with Gasteiger partial charge in [0, 0.05) is 23.5 Å². The number of hydrogen-bond donors (Lipinski definition) is 1. The van der Waals surface area contributed by atoms with E-state index in [1.54, 1.807) is 11.3 Å². The first-order chi connectivity index (χ1) is 8.99. The molecule has 1 N–H and O–H groups in total. The van der Waals surface area contributed by atoms with E-state index in [4.69, 9.17) is 0 Å². The highest BCUT2D eigenvalue weighted by Crippen LogP contribution is 2.25. The molecule has 0 saturated heterocycles. The number of pyridine rings is 1. The zero-order valence-electron chi connectivity index (χ0n) is 12.3. The molecule has 0 radical (unpaired) electrons. The van der Waals surface area contributed by atoms with Crippen molar-refractivity contribution in [3.05, 3.63) is 51.0 Å². The molecule has 0 aliphatic rings. The van der Waals surface area contributed by atoms with Crippen LogP contribution in [0.3, 0.4) is 0 Å². The first-order valence-corrected chi connectivity index (χ1v) is 7.66. The molecule has 0 spiro atoms. The third-order valence-electron chi connectivity index (χ3n) is 3.56. The maximum Gasteiger partial charge on any atom is 0.0426 e. The number of hydrogen-bond acceptors (Lipinski definition) is 3. The normalized spacial score (nSPS) is 14.4. The van der Waals surface area contributed by atoms with Crippen molar-refractivity contribution in [1.29, 1.82) is 0 Å². The summed E-state index contributed by atoms with van der Waals surface area (Å²) < 4.78 is 0. The molecule has 0 aromatic carbocycles. The monoisotopic (exact) mass is 274 g/mol. The van der Waals surface area contributed by atoms with Gasteiger partial charge in [-0.25, -0.2) is 0 Å². The summed E-state index contributed by atoms with van der Waals surface area (Å²) >= 11 is 1.75. The molecule has 2 unspecified atom stereocenters. The lowest BCUT2D eigenvalue weighted by atomic mass is 9.99. The number of aryl methyl sites for hydroxylation is 3. The van der Waals surface area contributed by atoms with E-state index in [2.05, 4.69) is 67.8 Å². The standard InChI is InChI=1S/C16H22N2S/c1-10-8-11(2)17-13(4)16(10)14(5)18-12(3)15-6-7-19-9-15/h6-9,12,14,18H,1-5H3. The average Bonchev–Trinajstić information content (AvgIpc) is 2.80. The number of aromatic nitrogens is 1. The molecule has 0 bridgehead atoms. The van der Waals surface area contributed by atoms with Crippen LogP contribution in [0.4, 0.5) is 0 Å². The highest BCUT2D eigenvalue weighted by molar-refractivity contribution is 7.07. The van der Waals surface area contributed by atoms with Crippen LogP contribution in [0.15, 0.2) is 22.9 Å². The highest BCUT2D eigenvalue weighted by atomic mass is 32.1. The maximum atomic E-state index is 4.59. The fourth-order valence-corrected chi connectivity index (χ4v) is 3.52. The van der Waals surface area contributed by atoms with Gasteiger partial charge in [0.05, 0.1) is 0 Å². The van der Waals surface area contributed by atoms with Crippen LogP contribution in [0, 0.1) is 20.8 Å². The quantitative estimate of drug-likeness (QED) is 0.889. The molecule has 2 atom stereocenters. The molecule has 0 fully saturated rings. The smallest absolute Gasteiger partial charge is 0.0426 e. The van der Waals surface area contributed by atoms with E-state index in [1.807, 2.05) is 0 Å². The second-order valence-corrected chi connectivity index (χ2v) is 6.03. The van der Waals surface area contributed by atoms with Crippen molar-refractivity contribution >= 4 is 11.3 Å². The van der Waals surface area contributed by atoms with Crippen LogP contribution in [0.25, 0.3) is 0 Å². The fraction of sp³-hybridized carbons (Fsp3) is 0.438. The molecule has 2 aromatic heterocycles. The predicted octanol–water partition coefficient (Wildman–Crippen LogP) is 4.48.